The van der Waals surface area contributed by atoms with E-state index in [1.807, 2.05) is 24.3 Å². The molecule has 80 valence electrons. The van der Waals surface area contributed by atoms with Crippen molar-refractivity contribution in [2.45, 2.75) is 19.3 Å². The zero-order valence-electron chi connectivity index (χ0n) is 8.77. The lowest BCUT2D eigenvalue weighted by Crippen LogP contribution is -2.19. The van der Waals surface area contributed by atoms with Crippen LogP contribution in [0.2, 0.25) is 0 Å². The topological polar surface area (TPSA) is 39.1 Å². The molecule has 0 aliphatic carbocycles. The van der Waals surface area contributed by atoms with Gasteiger partial charge in [-0.1, -0.05) is 18.2 Å². The first-order chi connectivity index (χ1) is 7.83. The van der Waals surface area contributed by atoms with Crippen LogP contribution in [0.15, 0.2) is 24.3 Å². The van der Waals surface area contributed by atoms with E-state index in [1.54, 1.807) is 4.57 Å². The molecule has 1 aromatic heterocycles. The summed E-state index contributed by atoms with van der Waals surface area (Å²) in [6.45, 7) is 0. The van der Waals surface area contributed by atoms with Crippen molar-refractivity contribution < 1.29 is 9.59 Å². The van der Waals surface area contributed by atoms with Crippen LogP contribution in [0.5, 0.6) is 0 Å². The number of aromatic nitrogens is 1. The van der Waals surface area contributed by atoms with E-state index in [-0.39, 0.29) is 5.91 Å². The molecule has 0 bridgehead atoms. The predicted molar refractivity (Wildman–Crippen MR) is 60.9 cm³/mol. The van der Waals surface area contributed by atoms with Crippen molar-refractivity contribution in [2.24, 2.45) is 0 Å². The minimum atomic E-state index is 0.102. The molecule has 1 aliphatic heterocycles. The van der Waals surface area contributed by atoms with Crippen molar-refractivity contribution >= 4 is 23.1 Å². The quantitative estimate of drug-likeness (QED) is 0.682. The standard InChI is InChI=1S/C13H11NO2/c15-8-10-9-4-1-2-5-11(9)14-12(10)6-3-7-13(14)16/h1-2,4-5,8H,3,6-7H2. The summed E-state index contributed by atoms with van der Waals surface area (Å²) in [6.07, 6.45) is 3.10. The van der Waals surface area contributed by atoms with E-state index in [4.69, 9.17) is 0 Å². The Kier molecular flexibility index (Phi) is 1.93. The van der Waals surface area contributed by atoms with Crippen LogP contribution in [0.3, 0.4) is 0 Å². The van der Waals surface area contributed by atoms with Gasteiger partial charge >= 0.3 is 0 Å². The number of hydrogen-bond donors (Lipinski definition) is 0. The average molecular weight is 213 g/mol. The highest BCUT2D eigenvalue weighted by molar-refractivity contribution is 6.04. The molecule has 0 radical (unpaired) electrons. The van der Waals surface area contributed by atoms with E-state index in [0.717, 1.165) is 35.7 Å². The fourth-order valence-electron chi connectivity index (χ4n) is 2.50. The highest BCUT2D eigenvalue weighted by Crippen LogP contribution is 2.29. The maximum Gasteiger partial charge on any atom is 0.231 e. The number of nitrogens with zero attached hydrogens (tertiary/aromatic N) is 1. The second-order valence-corrected chi connectivity index (χ2v) is 4.08. The molecule has 0 atom stereocenters. The molecule has 1 aromatic carbocycles. The van der Waals surface area contributed by atoms with Gasteiger partial charge in [0.1, 0.15) is 0 Å². The molecule has 2 heterocycles. The SMILES string of the molecule is O=Cc1c2n(c3ccccc13)C(=O)CCC2. The van der Waals surface area contributed by atoms with Crippen molar-refractivity contribution in [3.8, 4) is 0 Å². The number of carbonyl (C=O) groups excluding carboxylic acids is 2. The lowest BCUT2D eigenvalue weighted by molar-refractivity contribution is 0.0889. The number of fused-ring (bicyclic) bond motifs is 3. The molecule has 0 N–H and O–H groups in total. The van der Waals surface area contributed by atoms with Gasteiger partial charge in [0.15, 0.2) is 6.29 Å². The normalized spacial score (nSPS) is 15.1. The summed E-state index contributed by atoms with van der Waals surface area (Å²) >= 11 is 0. The van der Waals surface area contributed by atoms with Crippen molar-refractivity contribution in [2.75, 3.05) is 0 Å². The first-order valence-electron chi connectivity index (χ1n) is 5.43. The Balaban J connectivity index is 2.47. The van der Waals surface area contributed by atoms with Crippen LogP contribution in [-0.2, 0) is 6.42 Å². The number of carbonyl (C=O) groups is 2. The van der Waals surface area contributed by atoms with Crippen LogP contribution in [0, 0.1) is 0 Å². The van der Waals surface area contributed by atoms with E-state index in [1.165, 1.54) is 0 Å². The van der Waals surface area contributed by atoms with Gasteiger partial charge in [0.05, 0.1) is 5.52 Å². The Morgan fingerprint density at radius 3 is 2.81 bits per heavy atom. The molecule has 0 fully saturated rings. The lowest BCUT2D eigenvalue weighted by atomic mass is 10.1. The highest BCUT2D eigenvalue weighted by Gasteiger charge is 2.23. The molecule has 2 aromatic rings. The summed E-state index contributed by atoms with van der Waals surface area (Å²) in [6, 6.07) is 7.59. The molecular formula is C13H11NO2. The van der Waals surface area contributed by atoms with Gasteiger partial charge < -0.3 is 0 Å². The summed E-state index contributed by atoms with van der Waals surface area (Å²) in [4.78, 5) is 23.0. The number of benzene rings is 1. The maximum atomic E-state index is 11.9. The van der Waals surface area contributed by atoms with Crippen LogP contribution >= 0.6 is 0 Å². The van der Waals surface area contributed by atoms with Crippen LogP contribution in [0.4, 0.5) is 0 Å². The second kappa shape index (κ2) is 3.30. The second-order valence-electron chi connectivity index (χ2n) is 4.08. The van der Waals surface area contributed by atoms with Crippen molar-refractivity contribution in [1.82, 2.24) is 4.57 Å². The molecule has 0 saturated heterocycles. The minimum Gasteiger partial charge on any atom is -0.298 e. The zero-order valence-corrected chi connectivity index (χ0v) is 8.77. The first kappa shape index (κ1) is 9.33. The Morgan fingerprint density at radius 1 is 1.19 bits per heavy atom. The molecule has 0 unspecified atom stereocenters. The molecule has 0 spiro atoms. The largest absolute Gasteiger partial charge is 0.298 e. The Hall–Kier alpha value is -1.90. The van der Waals surface area contributed by atoms with Crippen molar-refractivity contribution in [1.29, 1.82) is 0 Å². The summed E-state index contributed by atoms with van der Waals surface area (Å²) in [7, 11) is 0. The molecule has 0 saturated carbocycles. The fourth-order valence-corrected chi connectivity index (χ4v) is 2.50. The van der Waals surface area contributed by atoms with E-state index in [9.17, 15) is 9.59 Å². The Morgan fingerprint density at radius 2 is 2.00 bits per heavy atom. The summed E-state index contributed by atoms with van der Waals surface area (Å²) in [5.74, 6) is 0.102. The zero-order chi connectivity index (χ0) is 11.1. The molecule has 3 rings (SSSR count). The van der Waals surface area contributed by atoms with Crippen molar-refractivity contribution in [3.63, 3.8) is 0 Å². The van der Waals surface area contributed by atoms with E-state index in [0.29, 0.717) is 12.0 Å². The number of para-hydroxylation sites is 1. The summed E-state index contributed by atoms with van der Waals surface area (Å²) < 4.78 is 1.71. The Bertz CT molecular complexity index is 595. The van der Waals surface area contributed by atoms with Gasteiger partial charge in [0, 0.05) is 23.1 Å². The molecule has 0 amide bonds. The van der Waals surface area contributed by atoms with Crippen LogP contribution < -0.4 is 0 Å². The van der Waals surface area contributed by atoms with E-state index >= 15 is 0 Å². The highest BCUT2D eigenvalue weighted by atomic mass is 16.2. The molecule has 3 heteroatoms. The monoisotopic (exact) mass is 213 g/mol. The van der Waals surface area contributed by atoms with Gasteiger partial charge in [-0.05, 0) is 18.9 Å². The van der Waals surface area contributed by atoms with Gasteiger partial charge in [0.25, 0.3) is 0 Å². The fraction of sp³-hybridized carbons (Fsp3) is 0.231. The van der Waals surface area contributed by atoms with Crippen LogP contribution in [0.25, 0.3) is 10.9 Å². The lowest BCUT2D eigenvalue weighted by Gasteiger charge is -2.14. The van der Waals surface area contributed by atoms with Gasteiger partial charge in [-0.2, -0.15) is 0 Å². The van der Waals surface area contributed by atoms with Crippen LogP contribution in [0.1, 0.15) is 33.7 Å². The maximum absolute atomic E-state index is 11.9. The third-order valence-electron chi connectivity index (χ3n) is 3.19. The van der Waals surface area contributed by atoms with Crippen LogP contribution in [-0.4, -0.2) is 16.8 Å². The molecule has 1 aliphatic rings. The summed E-state index contributed by atoms with van der Waals surface area (Å²) in [5.41, 5.74) is 2.43. The summed E-state index contributed by atoms with van der Waals surface area (Å²) in [5, 5.41) is 0.891. The molecule has 16 heavy (non-hydrogen) atoms. The third-order valence-corrected chi connectivity index (χ3v) is 3.19. The van der Waals surface area contributed by atoms with E-state index in [2.05, 4.69) is 0 Å². The first-order valence-corrected chi connectivity index (χ1v) is 5.43. The average Bonchev–Trinajstić information content (AvgIpc) is 2.64. The molecule has 3 nitrogen and oxygen atoms in total. The van der Waals surface area contributed by atoms with Gasteiger partial charge in [-0.3, -0.25) is 14.2 Å². The van der Waals surface area contributed by atoms with Gasteiger partial charge in [0.2, 0.25) is 5.91 Å². The van der Waals surface area contributed by atoms with Crippen molar-refractivity contribution in [3.05, 3.63) is 35.5 Å². The smallest absolute Gasteiger partial charge is 0.231 e. The predicted octanol–water partition coefficient (Wildman–Crippen LogP) is 2.43. The Labute approximate surface area is 92.7 Å². The minimum absolute atomic E-state index is 0.102. The van der Waals surface area contributed by atoms with Gasteiger partial charge in [-0.15, -0.1) is 0 Å². The van der Waals surface area contributed by atoms with Gasteiger partial charge in [-0.25, -0.2) is 0 Å². The number of hydrogen-bond acceptors (Lipinski definition) is 2. The number of aldehydes is 1. The number of rotatable bonds is 1. The molecular weight excluding hydrogens is 202 g/mol. The van der Waals surface area contributed by atoms with E-state index < -0.39 is 0 Å². The third kappa shape index (κ3) is 1.08.